The Morgan fingerprint density at radius 2 is 2.24 bits per heavy atom. The smallest absolute Gasteiger partial charge is 0.231 e. The fourth-order valence-corrected chi connectivity index (χ4v) is 3.31. The van der Waals surface area contributed by atoms with Crippen molar-refractivity contribution < 1.29 is 9.59 Å². The zero-order valence-corrected chi connectivity index (χ0v) is 13.4. The quantitative estimate of drug-likeness (QED) is 0.909. The molecule has 0 saturated carbocycles. The first-order valence-electron chi connectivity index (χ1n) is 6.40. The van der Waals surface area contributed by atoms with E-state index in [1.54, 1.807) is 16.5 Å². The van der Waals surface area contributed by atoms with Crippen LogP contribution in [-0.4, -0.2) is 23.3 Å². The predicted molar refractivity (Wildman–Crippen MR) is 85.3 cm³/mol. The van der Waals surface area contributed by atoms with Crippen molar-refractivity contribution in [2.75, 3.05) is 16.8 Å². The van der Waals surface area contributed by atoms with Gasteiger partial charge in [-0.15, -0.1) is 11.3 Å². The molecule has 21 heavy (non-hydrogen) atoms. The summed E-state index contributed by atoms with van der Waals surface area (Å²) >= 11 is 4.80. The molecule has 3 rings (SSSR count). The van der Waals surface area contributed by atoms with Crippen molar-refractivity contribution in [2.24, 2.45) is 5.92 Å². The number of benzene rings is 1. The van der Waals surface area contributed by atoms with E-state index in [0.717, 1.165) is 10.2 Å². The van der Waals surface area contributed by atoms with Gasteiger partial charge in [-0.3, -0.25) is 9.59 Å². The van der Waals surface area contributed by atoms with Gasteiger partial charge in [0.25, 0.3) is 0 Å². The second kappa shape index (κ2) is 5.95. The molecular formula is C14H12BrN3O2S. The monoisotopic (exact) mass is 365 g/mol. The Morgan fingerprint density at radius 1 is 1.43 bits per heavy atom. The minimum Gasteiger partial charge on any atom is -0.310 e. The van der Waals surface area contributed by atoms with Gasteiger partial charge >= 0.3 is 0 Å². The molecule has 1 N–H and O–H groups in total. The van der Waals surface area contributed by atoms with Crippen molar-refractivity contribution in [3.8, 4) is 0 Å². The first kappa shape index (κ1) is 14.2. The van der Waals surface area contributed by atoms with E-state index in [1.165, 1.54) is 11.3 Å². The molecule has 2 aromatic rings. The lowest BCUT2D eigenvalue weighted by Gasteiger charge is -2.18. The highest BCUT2D eigenvalue weighted by molar-refractivity contribution is 9.10. The maximum Gasteiger partial charge on any atom is 0.231 e. The molecule has 1 aromatic carbocycles. The third kappa shape index (κ3) is 2.98. The van der Waals surface area contributed by atoms with E-state index in [-0.39, 0.29) is 24.2 Å². The van der Waals surface area contributed by atoms with Crippen LogP contribution in [0.5, 0.6) is 0 Å². The number of anilines is 2. The zero-order chi connectivity index (χ0) is 14.8. The highest BCUT2D eigenvalue weighted by Crippen LogP contribution is 2.31. The van der Waals surface area contributed by atoms with Gasteiger partial charge in [0.15, 0.2) is 5.13 Å². The van der Waals surface area contributed by atoms with Gasteiger partial charge in [0.1, 0.15) is 0 Å². The number of nitrogens with one attached hydrogen (secondary N) is 1. The predicted octanol–water partition coefficient (Wildman–Crippen LogP) is 2.90. The SMILES string of the molecule is O=C(Nc1nccs1)C1CC(=O)N(c2ccccc2Br)C1. The summed E-state index contributed by atoms with van der Waals surface area (Å²) in [5, 5.41) is 5.11. The number of amides is 2. The molecule has 1 aromatic heterocycles. The van der Waals surface area contributed by atoms with E-state index in [4.69, 9.17) is 0 Å². The molecule has 1 aliphatic heterocycles. The highest BCUT2D eigenvalue weighted by Gasteiger charge is 2.35. The molecule has 0 aliphatic carbocycles. The fourth-order valence-electron chi connectivity index (χ4n) is 2.28. The van der Waals surface area contributed by atoms with Crippen LogP contribution in [0.25, 0.3) is 0 Å². The van der Waals surface area contributed by atoms with Crippen LogP contribution in [0, 0.1) is 5.92 Å². The van der Waals surface area contributed by atoms with Gasteiger partial charge in [0.05, 0.1) is 11.6 Å². The first-order valence-corrected chi connectivity index (χ1v) is 8.07. The summed E-state index contributed by atoms with van der Waals surface area (Å²) in [6.45, 7) is 0.388. The molecule has 2 heterocycles. The van der Waals surface area contributed by atoms with Crippen molar-refractivity contribution >= 4 is 49.9 Å². The second-order valence-electron chi connectivity index (χ2n) is 4.68. The molecule has 0 bridgehead atoms. The third-order valence-electron chi connectivity index (χ3n) is 3.30. The largest absolute Gasteiger partial charge is 0.310 e. The molecule has 1 atom stereocenters. The minimum atomic E-state index is -0.353. The van der Waals surface area contributed by atoms with Crippen LogP contribution in [0.2, 0.25) is 0 Å². The Kier molecular flexibility index (Phi) is 4.03. The summed E-state index contributed by atoms with van der Waals surface area (Å²) in [5.41, 5.74) is 0.798. The zero-order valence-electron chi connectivity index (χ0n) is 11.0. The van der Waals surface area contributed by atoms with E-state index in [2.05, 4.69) is 26.2 Å². The molecule has 1 aliphatic rings. The van der Waals surface area contributed by atoms with Crippen LogP contribution >= 0.6 is 27.3 Å². The van der Waals surface area contributed by atoms with Crippen molar-refractivity contribution in [1.82, 2.24) is 4.98 Å². The van der Waals surface area contributed by atoms with Gasteiger partial charge < -0.3 is 10.2 Å². The summed E-state index contributed by atoms with van der Waals surface area (Å²) < 4.78 is 0.847. The Morgan fingerprint density at radius 3 is 2.95 bits per heavy atom. The molecule has 0 radical (unpaired) electrons. The van der Waals surface area contributed by atoms with E-state index < -0.39 is 0 Å². The molecule has 7 heteroatoms. The number of rotatable bonds is 3. The van der Waals surface area contributed by atoms with Gasteiger partial charge in [-0.2, -0.15) is 0 Å². The Labute approximate surface area is 134 Å². The number of carbonyl (C=O) groups excluding carboxylic acids is 2. The lowest BCUT2D eigenvalue weighted by molar-refractivity contribution is -0.122. The number of thiazole rings is 1. The fraction of sp³-hybridized carbons (Fsp3) is 0.214. The summed E-state index contributed by atoms with van der Waals surface area (Å²) in [4.78, 5) is 30.0. The highest BCUT2D eigenvalue weighted by atomic mass is 79.9. The van der Waals surface area contributed by atoms with Crippen molar-refractivity contribution in [2.45, 2.75) is 6.42 Å². The van der Waals surface area contributed by atoms with Crippen LogP contribution in [-0.2, 0) is 9.59 Å². The normalized spacial score (nSPS) is 18.0. The van der Waals surface area contributed by atoms with Crippen molar-refractivity contribution in [3.63, 3.8) is 0 Å². The van der Waals surface area contributed by atoms with Gasteiger partial charge in [-0.1, -0.05) is 12.1 Å². The molecule has 108 valence electrons. The van der Waals surface area contributed by atoms with Crippen LogP contribution < -0.4 is 10.2 Å². The molecule has 1 fully saturated rings. The van der Waals surface area contributed by atoms with Crippen molar-refractivity contribution in [3.05, 3.63) is 40.3 Å². The lowest BCUT2D eigenvalue weighted by atomic mass is 10.1. The number of halogens is 1. The molecule has 5 nitrogen and oxygen atoms in total. The number of hydrogen-bond donors (Lipinski definition) is 1. The number of carbonyl (C=O) groups is 2. The Hall–Kier alpha value is -1.73. The van der Waals surface area contributed by atoms with E-state index in [1.807, 2.05) is 24.3 Å². The standard InChI is InChI=1S/C14H12BrN3O2S/c15-10-3-1-2-4-11(10)18-8-9(7-12(18)19)13(20)17-14-16-5-6-21-14/h1-6,9H,7-8H2,(H,16,17,20). The number of hydrogen-bond acceptors (Lipinski definition) is 4. The van der Waals surface area contributed by atoms with Crippen LogP contribution in [0.15, 0.2) is 40.3 Å². The molecule has 1 saturated heterocycles. The van der Waals surface area contributed by atoms with E-state index in [9.17, 15) is 9.59 Å². The number of nitrogens with zero attached hydrogens (tertiary/aromatic N) is 2. The van der Waals surface area contributed by atoms with Gasteiger partial charge in [0, 0.05) is 29.0 Å². The number of aromatic nitrogens is 1. The lowest BCUT2D eigenvalue weighted by Crippen LogP contribution is -2.28. The average Bonchev–Trinajstić information content (AvgIpc) is 3.09. The van der Waals surface area contributed by atoms with E-state index in [0.29, 0.717) is 11.7 Å². The van der Waals surface area contributed by atoms with Crippen LogP contribution in [0.1, 0.15) is 6.42 Å². The Balaban J connectivity index is 1.73. The van der Waals surface area contributed by atoms with Gasteiger partial charge in [0.2, 0.25) is 11.8 Å². The van der Waals surface area contributed by atoms with E-state index >= 15 is 0 Å². The average molecular weight is 366 g/mol. The van der Waals surface area contributed by atoms with Crippen LogP contribution in [0.3, 0.4) is 0 Å². The van der Waals surface area contributed by atoms with Gasteiger partial charge in [-0.25, -0.2) is 4.98 Å². The molecule has 0 spiro atoms. The summed E-state index contributed by atoms with van der Waals surface area (Å²) in [6, 6.07) is 7.51. The summed E-state index contributed by atoms with van der Waals surface area (Å²) in [6.07, 6.45) is 1.85. The van der Waals surface area contributed by atoms with Crippen LogP contribution in [0.4, 0.5) is 10.8 Å². The minimum absolute atomic E-state index is 0.0406. The summed E-state index contributed by atoms with van der Waals surface area (Å²) in [5.74, 6) is -0.553. The molecule has 2 amide bonds. The Bertz CT molecular complexity index is 675. The maximum absolute atomic E-state index is 12.2. The molecular weight excluding hydrogens is 354 g/mol. The van der Waals surface area contributed by atoms with Crippen molar-refractivity contribution in [1.29, 1.82) is 0 Å². The topological polar surface area (TPSA) is 62.3 Å². The summed E-state index contributed by atoms with van der Waals surface area (Å²) in [7, 11) is 0. The first-order chi connectivity index (χ1) is 10.1. The second-order valence-corrected chi connectivity index (χ2v) is 6.43. The molecule has 1 unspecified atom stereocenters. The third-order valence-corrected chi connectivity index (χ3v) is 4.66. The number of para-hydroxylation sites is 1. The maximum atomic E-state index is 12.2. The van der Waals surface area contributed by atoms with Gasteiger partial charge in [-0.05, 0) is 28.1 Å².